The van der Waals surface area contributed by atoms with Gasteiger partial charge in [-0.1, -0.05) is 50.1 Å². The summed E-state index contributed by atoms with van der Waals surface area (Å²) in [5.74, 6) is -0.182. The van der Waals surface area contributed by atoms with E-state index in [1.54, 1.807) is 0 Å². The van der Waals surface area contributed by atoms with Crippen LogP contribution in [0.4, 0.5) is 5.69 Å². The molecule has 1 heterocycles. The molecule has 2 aromatic carbocycles. The van der Waals surface area contributed by atoms with Crippen LogP contribution in [0.1, 0.15) is 39.5 Å². The maximum absolute atomic E-state index is 12.7. The minimum Gasteiger partial charge on any atom is -0.325 e. The number of rotatable bonds is 10. The van der Waals surface area contributed by atoms with Gasteiger partial charge in [0.15, 0.2) is 5.16 Å². The molecule has 9 heteroatoms. The van der Waals surface area contributed by atoms with E-state index in [9.17, 15) is 13.2 Å². The maximum atomic E-state index is 12.7. The second-order valence-corrected chi connectivity index (χ2v) is 10.3. The Morgan fingerprint density at radius 1 is 1.13 bits per heavy atom. The van der Waals surface area contributed by atoms with Crippen LogP contribution in [-0.4, -0.2) is 29.1 Å². The molecule has 0 aliphatic heterocycles. The first-order valence-corrected chi connectivity index (χ1v) is 12.8. The lowest BCUT2D eigenvalue weighted by Gasteiger charge is -2.14. The fourth-order valence-electron chi connectivity index (χ4n) is 3.24. The summed E-state index contributed by atoms with van der Waals surface area (Å²) in [6, 6.07) is 13.8. The van der Waals surface area contributed by atoms with E-state index in [1.165, 1.54) is 48.9 Å². The van der Waals surface area contributed by atoms with E-state index >= 15 is 0 Å². The zero-order chi connectivity index (χ0) is 22.4. The molecule has 3 N–H and O–H groups in total. The van der Waals surface area contributed by atoms with Crippen LogP contribution in [0.3, 0.4) is 0 Å². The topological polar surface area (TPSA) is 107 Å². The lowest BCUT2D eigenvalue weighted by Crippen LogP contribution is -2.23. The number of hydrogen-bond donors (Lipinski definition) is 2. The summed E-state index contributed by atoms with van der Waals surface area (Å²) in [4.78, 5) is 17.5. The number of para-hydroxylation sites is 2. The first kappa shape index (κ1) is 23.3. The second kappa shape index (κ2) is 10.3. The van der Waals surface area contributed by atoms with Crippen LogP contribution in [0.15, 0.2) is 58.6 Å². The number of benzene rings is 2. The van der Waals surface area contributed by atoms with Gasteiger partial charge in [-0.3, -0.25) is 4.79 Å². The molecule has 0 saturated carbocycles. The molecular formula is C22H28N4O3S2. The first-order chi connectivity index (χ1) is 14.8. The van der Waals surface area contributed by atoms with E-state index in [0.717, 1.165) is 35.6 Å². The Morgan fingerprint density at radius 3 is 2.52 bits per heavy atom. The Morgan fingerprint density at radius 2 is 1.84 bits per heavy atom. The molecule has 31 heavy (non-hydrogen) atoms. The minimum absolute atomic E-state index is 0.00436. The Hall–Kier alpha value is -2.36. The summed E-state index contributed by atoms with van der Waals surface area (Å²) < 4.78 is 24.9. The number of hydrogen-bond acceptors (Lipinski definition) is 5. The molecule has 1 atom stereocenters. The normalized spacial score (nSPS) is 12.7. The number of sulfonamides is 1. The van der Waals surface area contributed by atoms with E-state index in [0.29, 0.717) is 5.69 Å². The van der Waals surface area contributed by atoms with E-state index in [2.05, 4.69) is 22.9 Å². The molecule has 0 fully saturated rings. The number of unbranched alkanes of at least 4 members (excludes halogenated alkanes) is 3. The predicted molar refractivity (Wildman–Crippen MR) is 126 cm³/mol. The Labute approximate surface area is 187 Å². The summed E-state index contributed by atoms with van der Waals surface area (Å²) in [5, 5.41) is 8.37. The quantitative estimate of drug-likeness (QED) is 0.345. The number of imidazole rings is 1. The van der Waals surface area contributed by atoms with Gasteiger partial charge < -0.3 is 9.88 Å². The molecular weight excluding hydrogens is 432 g/mol. The molecule has 0 saturated heterocycles. The van der Waals surface area contributed by atoms with Gasteiger partial charge in [0.2, 0.25) is 15.9 Å². The Balaban J connectivity index is 1.71. The maximum Gasteiger partial charge on any atom is 0.238 e. The monoisotopic (exact) mass is 460 g/mol. The van der Waals surface area contributed by atoms with Crippen LogP contribution in [0.25, 0.3) is 11.0 Å². The van der Waals surface area contributed by atoms with Crippen LogP contribution in [0.2, 0.25) is 0 Å². The summed E-state index contributed by atoms with van der Waals surface area (Å²) in [7, 11) is -3.76. The van der Waals surface area contributed by atoms with Crippen molar-refractivity contribution in [1.29, 1.82) is 0 Å². The van der Waals surface area contributed by atoms with Crippen molar-refractivity contribution in [3.8, 4) is 0 Å². The van der Waals surface area contributed by atoms with Crippen LogP contribution >= 0.6 is 11.8 Å². The molecule has 0 radical (unpaired) electrons. The first-order valence-electron chi connectivity index (χ1n) is 10.3. The highest BCUT2D eigenvalue weighted by Gasteiger charge is 2.20. The number of fused-ring (bicyclic) bond motifs is 1. The number of nitrogens with zero attached hydrogens (tertiary/aromatic N) is 2. The largest absolute Gasteiger partial charge is 0.325 e. The van der Waals surface area contributed by atoms with Gasteiger partial charge in [-0.15, -0.1) is 0 Å². The molecule has 166 valence electrons. The number of nitrogens with one attached hydrogen (secondary N) is 1. The van der Waals surface area contributed by atoms with Crippen molar-refractivity contribution in [2.24, 2.45) is 5.14 Å². The summed E-state index contributed by atoms with van der Waals surface area (Å²) in [6.45, 7) is 4.89. The van der Waals surface area contributed by atoms with Crippen molar-refractivity contribution in [3.63, 3.8) is 0 Å². The molecule has 1 aromatic heterocycles. The zero-order valence-electron chi connectivity index (χ0n) is 17.7. The summed E-state index contributed by atoms with van der Waals surface area (Å²) in [5.41, 5.74) is 2.51. The van der Waals surface area contributed by atoms with Gasteiger partial charge in [-0.05, 0) is 49.7 Å². The van der Waals surface area contributed by atoms with Gasteiger partial charge in [0.1, 0.15) is 0 Å². The number of anilines is 1. The average Bonchev–Trinajstić information content (AvgIpc) is 3.08. The molecule has 7 nitrogen and oxygen atoms in total. The zero-order valence-corrected chi connectivity index (χ0v) is 19.4. The van der Waals surface area contributed by atoms with E-state index in [4.69, 9.17) is 10.1 Å². The third-order valence-electron chi connectivity index (χ3n) is 4.96. The SMILES string of the molecule is CCCCCCn1c(SC(C)C(=O)Nc2ccc(S(N)(=O)=O)cc2)nc2ccccc21. The van der Waals surface area contributed by atoms with Gasteiger partial charge in [-0.2, -0.15) is 0 Å². The fourth-order valence-corrected chi connectivity index (χ4v) is 4.71. The lowest BCUT2D eigenvalue weighted by molar-refractivity contribution is -0.115. The van der Waals surface area contributed by atoms with Crippen molar-refractivity contribution in [3.05, 3.63) is 48.5 Å². The summed E-state index contributed by atoms with van der Waals surface area (Å²) in [6.07, 6.45) is 4.62. The molecule has 0 aliphatic carbocycles. The summed E-state index contributed by atoms with van der Waals surface area (Å²) >= 11 is 1.42. The van der Waals surface area contributed by atoms with Crippen molar-refractivity contribution in [2.75, 3.05) is 5.32 Å². The molecule has 3 rings (SSSR count). The van der Waals surface area contributed by atoms with Crippen molar-refractivity contribution >= 4 is 44.4 Å². The van der Waals surface area contributed by atoms with Crippen molar-refractivity contribution < 1.29 is 13.2 Å². The number of primary sulfonamides is 1. The van der Waals surface area contributed by atoms with Crippen molar-refractivity contribution in [2.45, 2.75) is 61.4 Å². The molecule has 0 aliphatic rings. The molecule has 3 aromatic rings. The Bertz CT molecular complexity index is 1140. The standard InChI is InChI=1S/C22H28N4O3S2/c1-3-4-5-8-15-26-20-10-7-6-9-19(20)25-22(26)30-16(2)21(27)24-17-11-13-18(14-12-17)31(23,28)29/h6-7,9-14,16H,3-5,8,15H2,1-2H3,(H,24,27)(H2,23,28,29). The number of carbonyl (C=O) groups excluding carboxylic acids is 1. The van der Waals surface area contributed by atoms with Crippen LogP contribution in [0.5, 0.6) is 0 Å². The van der Waals surface area contributed by atoms with E-state index in [1.807, 2.05) is 25.1 Å². The molecule has 0 spiro atoms. The van der Waals surface area contributed by atoms with E-state index < -0.39 is 10.0 Å². The number of amides is 1. The van der Waals surface area contributed by atoms with Crippen LogP contribution < -0.4 is 10.5 Å². The predicted octanol–water partition coefficient (Wildman–Crippen LogP) is 4.38. The van der Waals surface area contributed by atoms with Gasteiger partial charge in [0.05, 0.1) is 21.2 Å². The lowest BCUT2D eigenvalue weighted by atomic mass is 10.2. The number of aryl methyl sites for hydroxylation is 1. The fraction of sp³-hybridized carbons (Fsp3) is 0.364. The van der Waals surface area contributed by atoms with Crippen LogP contribution in [-0.2, 0) is 21.4 Å². The highest BCUT2D eigenvalue weighted by molar-refractivity contribution is 8.00. The number of aromatic nitrogens is 2. The van der Waals surface area contributed by atoms with Gasteiger partial charge in [0.25, 0.3) is 0 Å². The average molecular weight is 461 g/mol. The number of carbonyl (C=O) groups is 1. The third kappa shape index (κ3) is 6.09. The van der Waals surface area contributed by atoms with Gasteiger partial charge in [0, 0.05) is 12.2 Å². The molecule has 0 bridgehead atoms. The van der Waals surface area contributed by atoms with Gasteiger partial charge >= 0.3 is 0 Å². The smallest absolute Gasteiger partial charge is 0.238 e. The minimum atomic E-state index is -3.76. The number of nitrogens with two attached hydrogens (primary N) is 1. The second-order valence-electron chi connectivity index (χ2n) is 7.41. The highest BCUT2D eigenvalue weighted by atomic mass is 32.2. The molecule has 1 unspecified atom stereocenters. The van der Waals surface area contributed by atoms with E-state index in [-0.39, 0.29) is 16.1 Å². The van der Waals surface area contributed by atoms with Gasteiger partial charge in [-0.25, -0.2) is 18.5 Å². The molecule has 1 amide bonds. The third-order valence-corrected chi connectivity index (χ3v) is 6.98. The Kier molecular flexibility index (Phi) is 7.74. The number of thioether (sulfide) groups is 1. The highest BCUT2D eigenvalue weighted by Crippen LogP contribution is 2.28. The van der Waals surface area contributed by atoms with Crippen molar-refractivity contribution in [1.82, 2.24) is 9.55 Å². The van der Waals surface area contributed by atoms with Crippen LogP contribution in [0, 0.1) is 0 Å².